The molecular formula is C13H17N3O3. The fourth-order valence-electron chi connectivity index (χ4n) is 1.72. The Balaban J connectivity index is 1.96. The van der Waals surface area contributed by atoms with Crippen LogP contribution in [-0.4, -0.2) is 40.2 Å². The van der Waals surface area contributed by atoms with Crippen molar-refractivity contribution >= 4 is 11.6 Å². The average Bonchev–Trinajstić information content (AvgIpc) is 2.84. The molecule has 0 unspecified atom stereocenters. The van der Waals surface area contributed by atoms with Crippen molar-refractivity contribution in [2.75, 3.05) is 19.8 Å². The van der Waals surface area contributed by atoms with Gasteiger partial charge in [-0.05, 0) is 25.5 Å². The molecule has 0 atom stereocenters. The van der Waals surface area contributed by atoms with E-state index in [-0.39, 0.29) is 17.4 Å². The molecule has 0 spiro atoms. The molecule has 2 aromatic heterocycles. The topological polar surface area (TPSA) is 75.9 Å². The summed E-state index contributed by atoms with van der Waals surface area (Å²) in [5.41, 5.74) is 0.667. The number of aromatic nitrogens is 2. The van der Waals surface area contributed by atoms with Gasteiger partial charge >= 0.3 is 0 Å². The highest BCUT2D eigenvalue weighted by Gasteiger charge is 2.11. The molecule has 2 rings (SSSR count). The molecule has 0 fully saturated rings. The Morgan fingerprint density at radius 1 is 1.58 bits per heavy atom. The van der Waals surface area contributed by atoms with E-state index in [9.17, 15) is 9.90 Å². The predicted molar refractivity (Wildman–Crippen MR) is 70.3 cm³/mol. The summed E-state index contributed by atoms with van der Waals surface area (Å²) in [6.07, 6.45) is 4.08. The van der Waals surface area contributed by atoms with Crippen LogP contribution in [0.1, 0.15) is 23.8 Å². The Kier molecular flexibility index (Phi) is 4.35. The predicted octanol–water partition coefficient (Wildman–Crippen LogP) is 1.20. The molecule has 2 N–H and O–H groups in total. The molecule has 6 nitrogen and oxygen atoms in total. The number of carbonyl (C=O) groups excluding carboxylic acids is 1. The normalized spacial score (nSPS) is 10.8. The Morgan fingerprint density at radius 3 is 3.16 bits per heavy atom. The third kappa shape index (κ3) is 3.23. The Bertz CT molecular complexity index is 565. The van der Waals surface area contributed by atoms with Gasteiger partial charge < -0.3 is 19.6 Å². The zero-order chi connectivity index (χ0) is 13.7. The van der Waals surface area contributed by atoms with Crippen LogP contribution in [0.2, 0.25) is 0 Å². The molecule has 0 aliphatic heterocycles. The van der Waals surface area contributed by atoms with Crippen LogP contribution < -0.4 is 5.32 Å². The summed E-state index contributed by atoms with van der Waals surface area (Å²) in [6.45, 7) is 3.78. The highest BCUT2D eigenvalue weighted by atomic mass is 16.5. The number of fused-ring (bicyclic) bond motifs is 1. The molecule has 0 radical (unpaired) electrons. The summed E-state index contributed by atoms with van der Waals surface area (Å²) < 4.78 is 6.80. The number of aromatic hydroxyl groups is 1. The van der Waals surface area contributed by atoms with Crippen LogP contribution >= 0.6 is 0 Å². The first-order chi connectivity index (χ1) is 9.22. The Labute approximate surface area is 111 Å². The smallest absolute Gasteiger partial charge is 0.271 e. The maximum absolute atomic E-state index is 11.8. The molecule has 0 saturated heterocycles. The van der Waals surface area contributed by atoms with Crippen LogP contribution in [-0.2, 0) is 4.74 Å². The SMILES string of the molecule is CCOCCCNC(=O)c1cn2cccc(O)c2n1. The fourth-order valence-corrected chi connectivity index (χ4v) is 1.72. The maximum atomic E-state index is 11.8. The molecule has 1 amide bonds. The number of nitrogens with one attached hydrogen (secondary N) is 1. The minimum Gasteiger partial charge on any atom is -0.504 e. The molecule has 6 heteroatoms. The van der Waals surface area contributed by atoms with Crippen LogP contribution in [0.5, 0.6) is 5.75 Å². The summed E-state index contributed by atoms with van der Waals surface area (Å²) in [6, 6.07) is 3.22. The lowest BCUT2D eigenvalue weighted by molar-refractivity contribution is 0.0940. The van der Waals surface area contributed by atoms with Crippen molar-refractivity contribution in [3.63, 3.8) is 0 Å². The number of imidazole rings is 1. The van der Waals surface area contributed by atoms with Gasteiger partial charge in [-0.2, -0.15) is 0 Å². The number of carbonyl (C=O) groups is 1. The number of hydrogen-bond donors (Lipinski definition) is 2. The number of nitrogens with zero attached hydrogens (tertiary/aromatic N) is 2. The van der Waals surface area contributed by atoms with Crippen molar-refractivity contribution in [2.24, 2.45) is 0 Å². The van der Waals surface area contributed by atoms with Gasteiger partial charge in [0.15, 0.2) is 11.4 Å². The number of hydrogen-bond acceptors (Lipinski definition) is 4. The molecule has 0 aliphatic rings. The largest absolute Gasteiger partial charge is 0.504 e. The van der Waals surface area contributed by atoms with Crippen LogP contribution in [0.4, 0.5) is 0 Å². The van der Waals surface area contributed by atoms with E-state index >= 15 is 0 Å². The van der Waals surface area contributed by atoms with E-state index in [1.54, 1.807) is 22.9 Å². The fraction of sp³-hybridized carbons (Fsp3) is 0.385. The van der Waals surface area contributed by atoms with E-state index < -0.39 is 0 Å². The Hall–Kier alpha value is -2.08. The molecule has 0 aliphatic carbocycles. The van der Waals surface area contributed by atoms with Crippen LogP contribution in [0.25, 0.3) is 5.65 Å². The van der Waals surface area contributed by atoms with Gasteiger partial charge in [0.05, 0.1) is 0 Å². The van der Waals surface area contributed by atoms with Gasteiger partial charge in [0, 0.05) is 32.2 Å². The summed E-state index contributed by atoms with van der Waals surface area (Å²) >= 11 is 0. The lowest BCUT2D eigenvalue weighted by Crippen LogP contribution is -2.25. The summed E-state index contributed by atoms with van der Waals surface area (Å²) in [5, 5.41) is 12.4. The summed E-state index contributed by atoms with van der Waals surface area (Å²) in [4.78, 5) is 15.9. The van der Waals surface area contributed by atoms with Gasteiger partial charge in [0.2, 0.25) is 0 Å². The third-order valence-corrected chi connectivity index (χ3v) is 2.65. The number of ether oxygens (including phenoxy) is 1. The molecule has 0 aromatic carbocycles. The van der Waals surface area contributed by atoms with E-state index in [1.165, 1.54) is 6.07 Å². The minimum atomic E-state index is -0.250. The van der Waals surface area contributed by atoms with Crippen molar-refractivity contribution in [1.82, 2.24) is 14.7 Å². The first kappa shape index (κ1) is 13.4. The first-order valence-electron chi connectivity index (χ1n) is 6.25. The highest BCUT2D eigenvalue weighted by molar-refractivity contribution is 5.93. The quantitative estimate of drug-likeness (QED) is 0.768. The molecular weight excluding hydrogens is 246 g/mol. The van der Waals surface area contributed by atoms with Gasteiger partial charge in [0.25, 0.3) is 5.91 Å². The van der Waals surface area contributed by atoms with Gasteiger partial charge in [-0.25, -0.2) is 4.98 Å². The van der Waals surface area contributed by atoms with Gasteiger partial charge in [-0.1, -0.05) is 0 Å². The second-order valence-electron chi connectivity index (χ2n) is 4.06. The number of pyridine rings is 1. The maximum Gasteiger partial charge on any atom is 0.271 e. The van der Waals surface area contributed by atoms with E-state index in [2.05, 4.69) is 10.3 Å². The van der Waals surface area contributed by atoms with Crippen molar-refractivity contribution in [1.29, 1.82) is 0 Å². The van der Waals surface area contributed by atoms with E-state index in [0.29, 0.717) is 25.4 Å². The molecule has 2 heterocycles. The van der Waals surface area contributed by atoms with Crippen molar-refractivity contribution in [3.05, 3.63) is 30.2 Å². The zero-order valence-corrected chi connectivity index (χ0v) is 10.8. The zero-order valence-electron chi connectivity index (χ0n) is 10.8. The molecule has 102 valence electrons. The van der Waals surface area contributed by atoms with E-state index in [1.807, 2.05) is 6.92 Å². The molecule has 19 heavy (non-hydrogen) atoms. The molecule has 2 aromatic rings. The first-order valence-corrected chi connectivity index (χ1v) is 6.25. The third-order valence-electron chi connectivity index (χ3n) is 2.65. The van der Waals surface area contributed by atoms with Crippen LogP contribution in [0, 0.1) is 0 Å². The lowest BCUT2D eigenvalue weighted by Gasteiger charge is -2.02. The number of rotatable bonds is 6. The van der Waals surface area contributed by atoms with Gasteiger partial charge in [0.1, 0.15) is 5.69 Å². The molecule has 0 saturated carbocycles. The second-order valence-corrected chi connectivity index (χ2v) is 4.06. The van der Waals surface area contributed by atoms with Gasteiger partial charge in [-0.15, -0.1) is 0 Å². The number of amides is 1. The van der Waals surface area contributed by atoms with E-state index in [0.717, 1.165) is 6.42 Å². The van der Waals surface area contributed by atoms with E-state index in [4.69, 9.17) is 4.74 Å². The minimum absolute atomic E-state index is 0.0536. The summed E-state index contributed by atoms with van der Waals surface area (Å²) in [5.74, 6) is -0.197. The van der Waals surface area contributed by atoms with Gasteiger partial charge in [-0.3, -0.25) is 4.79 Å². The van der Waals surface area contributed by atoms with Crippen molar-refractivity contribution < 1.29 is 14.6 Å². The van der Waals surface area contributed by atoms with Crippen molar-refractivity contribution in [3.8, 4) is 5.75 Å². The highest BCUT2D eigenvalue weighted by Crippen LogP contribution is 2.16. The molecule has 0 bridgehead atoms. The average molecular weight is 263 g/mol. The monoisotopic (exact) mass is 263 g/mol. The summed E-state index contributed by atoms with van der Waals surface area (Å²) in [7, 11) is 0. The second kappa shape index (κ2) is 6.19. The Morgan fingerprint density at radius 2 is 2.42 bits per heavy atom. The van der Waals surface area contributed by atoms with Crippen LogP contribution in [0.3, 0.4) is 0 Å². The lowest BCUT2D eigenvalue weighted by atomic mass is 10.4. The standard InChI is InChI=1S/C13H17N3O3/c1-2-19-8-4-6-14-13(18)10-9-16-7-3-5-11(17)12(16)15-10/h3,5,7,9,17H,2,4,6,8H2,1H3,(H,14,18). The van der Waals surface area contributed by atoms with Crippen molar-refractivity contribution in [2.45, 2.75) is 13.3 Å². The van der Waals surface area contributed by atoms with Crippen LogP contribution in [0.15, 0.2) is 24.5 Å².